The second-order valence-corrected chi connectivity index (χ2v) is 9.16. The van der Waals surface area contributed by atoms with Gasteiger partial charge in [0.15, 0.2) is 0 Å². The maximum absolute atomic E-state index is 14.9. The molecule has 31 heavy (non-hydrogen) atoms. The molecule has 0 saturated carbocycles. The Hall–Kier alpha value is -1.94. The highest BCUT2D eigenvalue weighted by Crippen LogP contribution is 2.33. The number of nitrogens with one attached hydrogen (secondary N) is 2. The van der Waals surface area contributed by atoms with Gasteiger partial charge in [-0.05, 0) is 62.1 Å². The first-order valence-electron chi connectivity index (χ1n) is 9.65. The minimum Gasteiger partial charge on any atom is -0.381 e. The van der Waals surface area contributed by atoms with E-state index in [0.29, 0.717) is 34.2 Å². The van der Waals surface area contributed by atoms with E-state index in [2.05, 4.69) is 19.9 Å². The first-order valence-corrected chi connectivity index (χ1v) is 11.8. The van der Waals surface area contributed by atoms with Crippen molar-refractivity contribution in [2.75, 3.05) is 23.1 Å². The van der Waals surface area contributed by atoms with Gasteiger partial charge >= 0.3 is 0 Å². The Labute approximate surface area is 192 Å². The van der Waals surface area contributed by atoms with Crippen molar-refractivity contribution in [2.24, 2.45) is 0 Å². The lowest BCUT2D eigenvalue weighted by molar-refractivity contribution is 0.170. The van der Waals surface area contributed by atoms with Crippen LogP contribution in [-0.2, 0) is 13.1 Å². The average molecular weight is 485 g/mol. The van der Waals surface area contributed by atoms with Crippen molar-refractivity contribution in [1.29, 1.82) is 0 Å². The number of anilines is 2. The number of hydrogen-bond acceptors (Lipinski definition) is 6. The van der Waals surface area contributed by atoms with E-state index in [1.807, 2.05) is 0 Å². The van der Waals surface area contributed by atoms with E-state index in [9.17, 15) is 13.2 Å². The van der Waals surface area contributed by atoms with Crippen molar-refractivity contribution >= 4 is 46.4 Å². The van der Waals surface area contributed by atoms with Gasteiger partial charge in [0.2, 0.25) is 0 Å². The van der Waals surface area contributed by atoms with Gasteiger partial charge in [-0.25, -0.2) is 18.2 Å². The first kappa shape index (κ1) is 22.3. The summed E-state index contributed by atoms with van der Waals surface area (Å²) in [5.74, 6) is -1.17. The zero-order valence-electron chi connectivity index (χ0n) is 16.6. The number of thiazole rings is 1. The third-order valence-electron chi connectivity index (χ3n) is 5.21. The second kappa shape index (κ2) is 9.68. The lowest BCUT2D eigenvalue weighted by atomic mass is 10.0. The molecule has 1 aliphatic rings. The quantitative estimate of drug-likeness (QED) is 0.359. The van der Waals surface area contributed by atoms with Gasteiger partial charge in [0, 0.05) is 40.3 Å². The lowest BCUT2D eigenvalue weighted by Gasteiger charge is -2.31. The molecule has 4 rings (SSSR count). The molecule has 0 aliphatic carbocycles. The molecule has 2 N–H and O–H groups in total. The Morgan fingerprint density at radius 1 is 1.19 bits per heavy atom. The van der Waals surface area contributed by atoms with Crippen LogP contribution in [0.25, 0.3) is 0 Å². The molecule has 1 fully saturated rings. The smallest absolute Gasteiger partial charge is 0.147 e. The fraction of sp³-hybridized carbons (Fsp3) is 0.286. The molecule has 164 valence electrons. The molecular weight excluding hydrogens is 465 g/mol. The Morgan fingerprint density at radius 2 is 2.00 bits per heavy atom. The molecule has 2 aromatic carbocycles. The molecule has 1 aromatic heterocycles. The zero-order chi connectivity index (χ0) is 22.0. The minimum atomic E-state index is -0.704. The van der Waals surface area contributed by atoms with Crippen molar-refractivity contribution < 1.29 is 13.2 Å². The number of halogens is 4. The summed E-state index contributed by atoms with van der Waals surface area (Å²) in [4.78, 5) is 6.02. The molecular formula is C21H20ClF3N4S2. The predicted molar refractivity (Wildman–Crippen MR) is 121 cm³/mol. The van der Waals surface area contributed by atoms with Gasteiger partial charge < -0.3 is 10.0 Å². The molecule has 0 unspecified atom stereocenters. The highest BCUT2D eigenvalue weighted by molar-refractivity contribution is 8.00. The number of rotatable bonds is 8. The minimum absolute atomic E-state index is 0.140. The van der Waals surface area contributed by atoms with Crippen LogP contribution in [0.2, 0.25) is 5.02 Å². The van der Waals surface area contributed by atoms with Gasteiger partial charge in [-0.3, -0.25) is 4.90 Å². The van der Waals surface area contributed by atoms with Crippen LogP contribution < -0.4 is 10.0 Å². The van der Waals surface area contributed by atoms with Gasteiger partial charge in [-0.1, -0.05) is 11.6 Å². The summed E-state index contributed by atoms with van der Waals surface area (Å²) in [7, 11) is 0. The number of benzene rings is 2. The van der Waals surface area contributed by atoms with Crippen molar-refractivity contribution in [3.05, 3.63) is 68.3 Å². The zero-order valence-corrected chi connectivity index (χ0v) is 19.0. The van der Waals surface area contributed by atoms with E-state index in [-0.39, 0.29) is 22.8 Å². The van der Waals surface area contributed by atoms with E-state index < -0.39 is 11.6 Å². The summed E-state index contributed by atoms with van der Waals surface area (Å²) in [6, 6.07) is 4.10. The maximum Gasteiger partial charge on any atom is 0.147 e. The molecule has 3 aromatic rings. The molecule has 0 radical (unpaired) electrons. The van der Waals surface area contributed by atoms with Crippen LogP contribution in [0.15, 0.2) is 34.0 Å². The Kier molecular flexibility index (Phi) is 6.95. The van der Waals surface area contributed by atoms with Crippen LogP contribution in [0.5, 0.6) is 0 Å². The first-order chi connectivity index (χ1) is 14.9. The van der Waals surface area contributed by atoms with Crippen LogP contribution in [-0.4, -0.2) is 23.0 Å². The van der Waals surface area contributed by atoms with E-state index >= 15 is 0 Å². The van der Waals surface area contributed by atoms with Crippen LogP contribution in [0.1, 0.15) is 23.1 Å². The molecule has 2 heterocycles. The highest BCUT2D eigenvalue weighted by atomic mass is 35.5. The SMILES string of the molecule is Cc1c(NCc2c(Cl)ccc(F)c2CN2CCC2)cc(F)c(SNc2cscn2)c1F. The van der Waals surface area contributed by atoms with Crippen LogP contribution in [0, 0.1) is 24.4 Å². The molecule has 0 amide bonds. The summed E-state index contributed by atoms with van der Waals surface area (Å²) in [6.07, 6.45) is 1.09. The summed E-state index contributed by atoms with van der Waals surface area (Å²) < 4.78 is 46.8. The largest absolute Gasteiger partial charge is 0.381 e. The monoisotopic (exact) mass is 484 g/mol. The van der Waals surface area contributed by atoms with Gasteiger partial charge in [0.1, 0.15) is 28.2 Å². The fourth-order valence-electron chi connectivity index (χ4n) is 3.28. The molecule has 0 bridgehead atoms. The summed E-state index contributed by atoms with van der Waals surface area (Å²) in [5.41, 5.74) is 3.29. The van der Waals surface area contributed by atoms with E-state index in [1.54, 1.807) is 17.8 Å². The van der Waals surface area contributed by atoms with Crippen LogP contribution in [0.4, 0.5) is 24.7 Å². The fourth-order valence-corrected chi connectivity index (χ4v) is 4.80. The molecule has 1 saturated heterocycles. The van der Waals surface area contributed by atoms with Crippen LogP contribution in [0.3, 0.4) is 0 Å². The van der Waals surface area contributed by atoms with E-state index in [4.69, 9.17) is 11.6 Å². The van der Waals surface area contributed by atoms with Gasteiger partial charge in [-0.2, -0.15) is 0 Å². The Balaban J connectivity index is 1.53. The second-order valence-electron chi connectivity index (χ2n) is 7.22. The van der Waals surface area contributed by atoms with Crippen LogP contribution >= 0.6 is 34.9 Å². The molecule has 1 aliphatic heterocycles. The highest BCUT2D eigenvalue weighted by Gasteiger charge is 2.21. The molecule has 0 atom stereocenters. The number of nitrogens with zero attached hydrogens (tertiary/aromatic N) is 2. The van der Waals surface area contributed by atoms with E-state index in [0.717, 1.165) is 31.5 Å². The van der Waals surface area contributed by atoms with Gasteiger partial charge in [-0.15, -0.1) is 11.3 Å². The topological polar surface area (TPSA) is 40.2 Å². The summed E-state index contributed by atoms with van der Waals surface area (Å²) in [6.45, 7) is 4.02. The van der Waals surface area contributed by atoms with Crippen molar-refractivity contribution in [1.82, 2.24) is 9.88 Å². The predicted octanol–water partition coefficient (Wildman–Crippen LogP) is 6.46. The van der Waals surface area contributed by atoms with Gasteiger partial charge in [0.25, 0.3) is 0 Å². The molecule has 0 spiro atoms. The standard InChI is InChI=1S/C21H20ClF3N4S2/c1-12-18(7-17(24)21(20(12)25)31-28-19-10-30-11-27-19)26-8-13-14(9-29-5-2-6-29)16(23)4-3-15(13)22/h3-4,7,10-11,26,28H,2,5-6,8-9H2,1H3. The Morgan fingerprint density at radius 3 is 2.68 bits per heavy atom. The van der Waals surface area contributed by atoms with Crippen molar-refractivity contribution in [3.8, 4) is 0 Å². The van der Waals surface area contributed by atoms with E-state index in [1.165, 1.54) is 29.5 Å². The number of aromatic nitrogens is 1. The third-order valence-corrected chi connectivity index (χ3v) is 7.04. The maximum atomic E-state index is 14.9. The van der Waals surface area contributed by atoms with Crippen molar-refractivity contribution in [2.45, 2.75) is 31.3 Å². The summed E-state index contributed by atoms with van der Waals surface area (Å²) >= 11 is 8.55. The average Bonchev–Trinajstić information content (AvgIpc) is 3.23. The molecule has 4 nitrogen and oxygen atoms in total. The summed E-state index contributed by atoms with van der Waals surface area (Å²) in [5, 5.41) is 5.20. The van der Waals surface area contributed by atoms with Gasteiger partial charge in [0.05, 0.1) is 5.51 Å². The molecule has 10 heteroatoms. The lowest BCUT2D eigenvalue weighted by Crippen LogP contribution is -2.37. The number of likely N-dealkylation sites (tertiary alicyclic amines) is 1. The third kappa shape index (κ3) is 4.95. The Bertz CT molecular complexity index is 1080. The normalized spacial score (nSPS) is 13.8. The number of hydrogen-bond donors (Lipinski definition) is 2. The van der Waals surface area contributed by atoms with Crippen molar-refractivity contribution in [3.63, 3.8) is 0 Å².